The monoisotopic (exact) mass is 574 g/mol. The van der Waals surface area contributed by atoms with Gasteiger partial charge < -0.3 is 31.0 Å². The maximum Gasteiger partial charge on any atom is 0.394 e. The van der Waals surface area contributed by atoms with Crippen LogP contribution in [0.15, 0.2) is 24.8 Å². The van der Waals surface area contributed by atoms with E-state index in [0.717, 1.165) is 6.42 Å². The topological polar surface area (TPSA) is 297 Å². The summed E-state index contributed by atoms with van der Waals surface area (Å²) in [5.74, 6) is 0.915. The van der Waals surface area contributed by atoms with Crippen LogP contribution in [0.3, 0.4) is 0 Å². The fourth-order valence-corrected chi connectivity index (χ4v) is 5.48. The molecule has 2 aromatic heterocycles. The predicted molar refractivity (Wildman–Crippen MR) is 126 cm³/mol. The van der Waals surface area contributed by atoms with Gasteiger partial charge in [-0.2, -0.15) is 8.42 Å². The molecule has 0 bridgehead atoms. The standard InChI is InChI=1S/C16H23N6O3S.2H2O4S/c1-26(9-3-2-8(17)4-9)5-10-12(23)13(24)16(25-10)22-7-21-11-14(18)19-6-20-15(11)22;2*1-5(2,3)4/h2-3,6-10,12-13,16,23-24H,4-5,17H2,1H3,(H2,18,19,20);2*(H2,1,2,3,4)/q+1;;/p-1/t8-,9?,10+,12+,13+,16+,26?;;/m0../s1. The van der Waals surface area contributed by atoms with Gasteiger partial charge in [0.05, 0.1) is 12.6 Å². The van der Waals surface area contributed by atoms with Crippen LogP contribution < -0.4 is 11.5 Å². The van der Waals surface area contributed by atoms with Gasteiger partial charge in [-0.25, -0.2) is 23.4 Å². The van der Waals surface area contributed by atoms with Gasteiger partial charge in [0, 0.05) is 12.5 Å². The maximum atomic E-state index is 10.5. The molecule has 2 aromatic rings. The third kappa shape index (κ3) is 9.15. The zero-order chi connectivity index (χ0) is 27.4. The van der Waals surface area contributed by atoms with Gasteiger partial charge in [0.25, 0.3) is 0 Å². The van der Waals surface area contributed by atoms with Crippen molar-refractivity contribution in [2.75, 3.05) is 17.7 Å². The molecule has 3 heterocycles. The number of hydrogen-bond donors (Lipinski definition) is 7. The van der Waals surface area contributed by atoms with E-state index in [2.05, 4.69) is 27.3 Å². The van der Waals surface area contributed by atoms with Crippen molar-refractivity contribution in [3.05, 3.63) is 24.8 Å². The maximum absolute atomic E-state index is 10.5. The summed E-state index contributed by atoms with van der Waals surface area (Å²) in [7, 11) is -9.60. The quantitative estimate of drug-likeness (QED) is 0.0844. The minimum atomic E-state index is -4.92. The molecule has 1 aliphatic heterocycles. The second-order valence-electron chi connectivity index (χ2n) is 7.69. The van der Waals surface area contributed by atoms with E-state index in [9.17, 15) is 10.2 Å². The predicted octanol–water partition coefficient (Wildman–Crippen LogP) is -2.72. The number of hydrogen-bond acceptors (Lipinski definition) is 13. The molecule has 0 aromatic carbocycles. The molecule has 0 spiro atoms. The molecular formula is C16H26N6O11S3. The lowest BCUT2D eigenvalue weighted by Crippen LogP contribution is -2.37. The van der Waals surface area contributed by atoms with Crippen molar-refractivity contribution >= 4 is 48.7 Å². The van der Waals surface area contributed by atoms with E-state index < -0.39 is 45.3 Å². The highest BCUT2D eigenvalue weighted by Crippen LogP contribution is 2.33. The lowest BCUT2D eigenvalue weighted by Gasteiger charge is -2.17. The molecule has 1 fully saturated rings. The van der Waals surface area contributed by atoms with Crippen molar-refractivity contribution in [2.45, 2.75) is 42.3 Å². The summed E-state index contributed by atoms with van der Waals surface area (Å²) in [6.07, 6.45) is 6.77. The Labute approximate surface area is 208 Å². The number of fused-ring (bicyclic) bond motifs is 1. The van der Waals surface area contributed by atoms with Crippen LogP contribution in [0.1, 0.15) is 12.6 Å². The Morgan fingerprint density at radius 1 is 1.14 bits per heavy atom. The van der Waals surface area contributed by atoms with Gasteiger partial charge in [-0.1, -0.05) is 6.08 Å². The summed E-state index contributed by atoms with van der Waals surface area (Å²) in [5.41, 5.74) is 12.7. The highest BCUT2D eigenvalue weighted by Gasteiger charge is 2.47. The Kier molecular flexibility index (Phi) is 10.1. The summed E-state index contributed by atoms with van der Waals surface area (Å²) in [6, 6.07) is 0.102. The Morgan fingerprint density at radius 3 is 2.25 bits per heavy atom. The van der Waals surface area contributed by atoms with Crippen LogP contribution >= 0.6 is 0 Å². The lowest BCUT2D eigenvalue weighted by atomic mass is 10.1. The molecule has 1 saturated heterocycles. The molecule has 7 atom stereocenters. The highest BCUT2D eigenvalue weighted by atomic mass is 32.3. The van der Waals surface area contributed by atoms with Crippen LogP contribution in [0.2, 0.25) is 0 Å². The van der Waals surface area contributed by atoms with Gasteiger partial charge in [-0.15, -0.1) is 0 Å². The molecule has 2 aliphatic rings. The smallest absolute Gasteiger partial charge is 0.394 e. The molecule has 0 saturated carbocycles. The number of nitrogen functional groups attached to an aromatic ring is 1. The molecule has 9 N–H and O–H groups in total. The first-order chi connectivity index (χ1) is 16.5. The lowest BCUT2D eigenvalue weighted by molar-refractivity contribution is -0.0290. The molecule has 4 rings (SSSR count). The van der Waals surface area contributed by atoms with E-state index in [1.165, 1.54) is 12.7 Å². The molecule has 20 heteroatoms. The van der Waals surface area contributed by atoms with Gasteiger partial charge in [0.2, 0.25) is 10.4 Å². The first-order valence-electron chi connectivity index (χ1n) is 9.83. The summed E-state index contributed by atoms with van der Waals surface area (Å²) in [5, 5.41) is 21.4. The van der Waals surface area contributed by atoms with Crippen molar-refractivity contribution in [3.63, 3.8) is 0 Å². The Hall–Kier alpha value is -1.98. The number of aliphatic hydroxyl groups excluding tert-OH is 2. The highest BCUT2D eigenvalue weighted by molar-refractivity contribution is 7.97. The average molecular weight is 575 g/mol. The summed E-state index contributed by atoms with van der Waals surface area (Å²) in [6.45, 7) is 0. The molecule has 0 radical (unpaired) electrons. The summed E-state index contributed by atoms with van der Waals surface area (Å²) in [4.78, 5) is 12.3. The molecule has 36 heavy (non-hydrogen) atoms. The Balaban J connectivity index is 0.000000389. The second kappa shape index (κ2) is 12.0. The van der Waals surface area contributed by atoms with Crippen LogP contribution in [0.25, 0.3) is 11.2 Å². The second-order valence-corrected chi connectivity index (χ2v) is 11.8. The third-order valence-electron chi connectivity index (χ3n) is 5.02. The van der Waals surface area contributed by atoms with Crippen molar-refractivity contribution < 1.29 is 50.0 Å². The van der Waals surface area contributed by atoms with Crippen LogP contribution in [-0.2, 0) is 36.4 Å². The van der Waals surface area contributed by atoms with Crippen LogP contribution in [0.4, 0.5) is 5.82 Å². The van der Waals surface area contributed by atoms with Gasteiger partial charge in [-0.05, 0) is 17.0 Å². The minimum absolute atomic E-state index is 0.0175. The van der Waals surface area contributed by atoms with Crippen molar-refractivity contribution in [2.24, 2.45) is 5.73 Å². The van der Waals surface area contributed by atoms with Gasteiger partial charge in [0.1, 0.15) is 41.2 Å². The van der Waals surface area contributed by atoms with Crippen molar-refractivity contribution in [3.8, 4) is 0 Å². The van der Waals surface area contributed by atoms with Gasteiger partial charge >= 0.3 is 10.4 Å². The largest absolute Gasteiger partial charge is 0.726 e. The fraction of sp³-hybridized carbons (Fsp3) is 0.562. The van der Waals surface area contributed by atoms with E-state index in [0.29, 0.717) is 22.2 Å². The minimum Gasteiger partial charge on any atom is -0.726 e. The van der Waals surface area contributed by atoms with Crippen LogP contribution in [-0.4, -0.2) is 106 Å². The summed E-state index contributed by atoms with van der Waals surface area (Å²) < 4.78 is 72.0. The van der Waals surface area contributed by atoms with E-state index in [1.807, 2.05) is 6.08 Å². The van der Waals surface area contributed by atoms with Gasteiger partial charge in [-0.3, -0.25) is 18.2 Å². The van der Waals surface area contributed by atoms with E-state index >= 15 is 0 Å². The number of imidazole rings is 1. The van der Waals surface area contributed by atoms with Crippen LogP contribution in [0, 0.1) is 0 Å². The zero-order valence-electron chi connectivity index (χ0n) is 18.5. The average Bonchev–Trinajstić information content (AvgIpc) is 3.40. The zero-order valence-corrected chi connectivity index (χ0v) is 21.0. The number of nitrogens with zero attached hydrogens (tertiary/aromatic N) is 4. The van der Waals surface area contributed by atoms with Crippen molar-refractivity contribution in [1.29, 1.82) is 0 Å². The normalized spacial score (nSPS) is 28.8. The third-order valence-corrected chi connectivity index (χ3v) is 7.26. The Morgan fingerprint density at radius 2 is 1.72 bits per heavy atom. The van der Waals surface area contributed by atoms with Gasteiger partial charge in [0.15, 0.2) is 17.7 Å². The first-order valence-corrected chi connectivity index (χ1v) is 14.5. The summed E-state index contributed by atoms with van der Waals surface area (Å²) >= 11 is 0. The van der Waals surface area contributed by atoms with Crippen LogP contribution in [0.5, 0.6) is 0 Å². The van der Waals surface area contributed by atoms with E-state index in [1.54, 1.807) is 4.57 Å². The Bertz CT molecular complexity index is 1230. The molecule has 2 unspecified atom stereocenters. The number of rotatable bonds is 4. The molecule has 1 aliphatic carbocycles. The molecule has 17 nitrogen and oxygen atoms in total. The van der Waals surface area contributed by atoms with E-state index in [-0.39, 0.29) is 22.8 Å². The molecule has 204 valence electrons. The van der Waals surface area contributed by atoms with E-state index in [4.69, 9.17) is 51.3 Å². The van der Waals surface area contributed by atoms with Crippen molar-refractivity contribution in [1.82, 2.24) is 19.5 Å². The number of aliphatic hydroxyl groups is 2. The molecular weight excluding hydrogens is 548 g/mol. The number of nitrogens with two attached hydrogens (primary N) is 2. The number of anilines is 1. The fourth-order valence-electron chi connectivity index (χ4n) is 3.53. The first kappa shape index (κ1) is 30.2. The molecule has 0 amide bonds. The number of ether oxygens (including phenoxy) is 1. The number of aromatic nitrogens is 4. The SMILES string of the molecule is C[S+](C[C@H]1O[C@@H](n2cnc3c(N)ncnc32)[C@H](O)[C@@H]1O)C1C=C[C@H](N)C1.O=S(=O)(O)O.O=S(=O)([O-])O.